The molecule has 5 nitrogen and oxygen atoms in total. The Labute approximate surface area is 81.5 Å². The van der Waals surface area contributed by atoms with E-state index in [1.54, 1.807) is 11.7 Å². The van der Waals surface area contributed by atoms with Gasteiger partial charge in [0, 0.05) is 24.3 Å². The minimum Gasteiger partial charge on any atom is -0.476 e. The van der Waals surface area contributed by atoms with Crippen LogP contribution in [-0.4, -0.2) is 26.9 Å². The minimum absolute atomic E-state index is 0.0739. The van der Waals surface area contributed by atoms with Crippen LogP contribution in [-0.2, 0) is 19.9 Å². The zero-order valence-corrected chi connectivity index (χ0v) is 8.03. The maximum absolute atomic E-state index is 10.9. The van der Waals surface area contributed by atoms with E-state index in [4.69, 9.17) is 10.8 Å². The lowest BCUT2D eigenvalue weighted by atomic mass is 9.92. The molecule has 3 N–H and O–H groups in total. The first-order valence-electron chi connectivity index (χ1n) is 4.63. The maximum atomic E-state index is 10.9. The fourth-order valence-corrected chi connectivity index (χ4v) is 1.99. The molecule has 1 aromatic heterocycles. The predicted molar refractivity (Wildman–Crippen MR) is 50.2 cm³/mol. The van der Waals surface area contributed by atoms with Crippen LogP contribution in [0.4, 0.5) is 0 Å². The highest BCUT2D eigenvalue weighted by molar-refractivity contribution is 5.87. The second-order valence-corrected chi connectivity index (χ2v) is 3.71. The van der Waals surface area contributed by atoms with Gasteiger partial charge in [-0.3, -0.25) is 4.68 Å². The third kappa shape index (κ3) is 1.29. The van der Waals surface area contributed by atoms with Gasteiger partial charge >= 0.3 is 5.97 Å². The summed E-state index contributed by atoms with van der Waals surface area (Å²) in [6.45, 7) is 0. The Hall–Kier alpha value is -1.36. The van der Waals surface area contributed by atoms with E-state index in [0.717, 1.165) is 24.1 Å². The number of rotatable bonds is 1. The third-order valence-electron chi connectivity index (χ3n) is 2.70. The average Bonchev–Trinajstić information content (AvgIpc) is 2.43. The van der Waals surface area contributed by atoms with Crippen molar-refractivity contribution in [2.45, 2.75) is 25.3 Å². The smallest absolute Gasteiger partial charge is 0.356 e. The molecule has 1 aliphatic rings. The van der Waals surface area contributed by atoms with E-state index in [1.807, 2.05) is 0 Å². The lowest BCUT2D eigenvalue weighted by Crippen LogP contribution is -2.28. The molecule has 0 fully saturated rings. The number of aromatic carboxylic acids is 1. The Kier molecular flexibility index (Phi) is 2.03. The van der Waals surface area contributed by atoms with Crippen LogP contribution >= 0.6 is 0 Å². The van der Waals surface area contributed by atoms with Crippen LogP contribution in [0, 0.1) is 0 Å². The van der Waals surface area contributed by atoms with Crippen molar-refractivity contribution in [2.75, 3.05) is 0 Å². The summed E-state index contributed by atoms with van der Waals surface area (Å²) in [4.78, 5) is 10.9. The zero-order valence-electron chi connectivity index (χ0n) is 8.03. The van der Waals surface area contributed by atoms with Crippen molar-refractivity contribution in [1.29, 1.82) is 0 Å². The number of carboxylic acid groups (broad SMARTS) is 1. The number of nitrogens with zero attached hydrogens (tertiary/aromatic N) is 2. The van der Waals surface area contributed by atoms with Crippen LogP contribution in [0.2, 0.25) is 0 Å². The van der Waals surface area contributed by atoms with Crippen LogP contribution in [0.5, 0.6) is 0 Å². The molecule has 76 valence electrons. The van der Waals surface area contributed by atoms with Gasteiger partial charge in [0.1, 0.15) is 0 Å². The molecule has 1 unspecified atom stereocenters. The van der Waals surface area contributed by atoms with E-state index >= 15 is 0 Å². The van der Waals surface area contributed by atoms with Gasteiger partial charge in [0.05, 0.1) is 0 Å². The largest absolute Gasteiger partial charge is 0.476 e. The number of fused-ring (bicyclic) bond motifs is 1. The molecule has 0 aromatic carbocycles. The van der Waals surface area contributed by atoms with E-state index in [9.17, 15) is 4.79 Å². The van der Waals surface area contributed by atoms with E-state index < -0.39 is 5.97 Å². The number of nitrogens with two attached hydrogens (primary N) is 1. The van der Waals surface area contributed by atoms with Gasteiger partial charge < -0.3 is 10.8 Å². The SMILES string of the molecule is Cn1nc(C(=O)O)c2c1CCC(N)C2. The Balaban J connectivity index is 2.50. The Morgan fingerprint density at radius 3 is 3.07 bits per heavy atom. The highest BCUT2D eigenvalue weighted by Gasteiger charge is 2.26. The van der Waals surface area contributed by atoms with E-state index in [1.165, 1.54) is 0 Å². The van der Waals surface area contributed by atoms with E-state index in [2.05, 4.69) is 5.10 Å². The van der Waals surface area contributed by atoms with Gasteiger partial charge in [0.2, 0.25) is 0 Å². The summed E-state index contributed by atoms with van der Waals surface area (Å²) >= 11 is 0. The van der Waals surface area contributed by atoms with Gasteiger partial charge in [-0.25, -0.2) is 4.79 Å². The van der Waals surface area contributed by atoms with Crippen molar-refractivity contribution in [3.8, 4) is 0 Å². The summed E-state index contributed by atoms with van der Waals surface area (Å²) in [5.41, 5.74) is 7.80. The molecular formula is C9H13N3O2. The number of hydrogen-bond donors (Lipinski definition) is 2. The highest BCUT2D eigenvalue weighted by Crippen LogP contribution is 2.23. The molecule has 0 radical (unpaired) electrons. The average molecular weight is 195 g/mol. The molecule has 1 atom stereocenters. The standard InChI is InChI=1S/C9H13N3O2/c1-12-7-3-2-5(10)4-6(7)8(11-12)9(13)14/h5H,2-4,10H2,1H3,(H,13,14). The molecular weight excluding hydrogens is 182 g/mol. The molecule has 0 aliphatic heterocycles. The van der Waals surface area contributed by atoms with Crippen LogP contribution < -0.4 is 5.73 Å². The quantitative estimate of drug-likeness (QED) is 0.657. The number of carboxylic acids is 1. The van der Waals surface area contributed by atoms with Crippen molar-refractivity contribution in [2.24, 2.45) is 12.8 Å². The van der Waals surface area contributed by atoms with Crippen molar-refractivity contribution >= 4 is 5.97 Å². The van der Waals surface area contributed by atoms with Gasteiger partial charge in [0.25, 0.3) is 0 Å². The number of aromatic nitrogens is 2. The van der Waals surface area contributed by atoms with E-state index in [0.29, 0.717) is 6.42 Å². The number of aryl methyl sites for hydroxylation is 1. The van der Waals surface area contributed by atoms with Crippen molar-refractivity contribution in [3.63, 3.8) is 0 Å². The van der Waals surface area contributed by atoms with E-state index in [-0.39, 0.29) is 11.7 Å². The van der Waals surface area contributed by atoms with Crippen molar-refractivity contribution in [1.82, 2.24) is 9.78 Å². The van der Waals surface area contributed by atoms with Crippen molar-refractivity contribution < 1.29 is 9.90 Å². The van der Waals surface area contributed by atoms with Crippen LogP contribution in [0.3, 0.4) is 0 Å². The second-order valence-electron chi connectivity index (χ2n) is 3.71. The van der Waals surface area contributed by atoms with Crippen LogP contribution in [0.25, 0.3) is 0 Å². The summed E-state index contributed by atoms with van der Waals surface area (Å²) in [6.07, 6.45) is 2.36. The molecule has 1 aliphatic carbocycles. The Bertz CT molecular complexity index is 384. The first kappa shape index (κ1) is 9.21. The Morgan fingerprint density at radius 2 is 2.43 bits per heavy atom. The summed E-state index contributed by atoms with van der Waals surface area (Å²) in [7, 11) is 1.78. The molecule has 1 heterocycles. The molecule has 0 saturated carbocycles. The number of carbonyl (C=O) groups is 1. The second kappa shape index (κ2) is 3.09. The highest BCUT2D eigenvalue weighted by atomic mass is 16.4. The maximum Gasteiger partial charge on any atom is 0.356 e. The minimum atomic E-state index is -0.962. The summed E-state index contributed by atoms with van der Waals surface area (Å²) < 4.78 is 1.66. The first-order valence-corrected chi connectivity index (χ1v) is 4.63. The molecule has 1 aromatic rings. The van der Waals surface area contributed by atoms with Gasteiger partial charge in [-0.2, -0.15) is 5.10 Å². The summed E-state index contributed by atoms with van der Waals surface area (Å²) in [5.74, 6) is -0.962. The van der Waals surface area contributed by atoms with Gasteiger partial charge in [-0.05, 0) is 19.3 Å². The van der Waals surface area contributed by atoms with Crippen molar-refractivity contribution in [3.05, 3.63) is 17.0 Å². The van der Waals surface area contributed by atoms with Gasteiger partial charge in [-0.1, -0.05) is 0 Å². The molecule has 2 rings (SSSR count). The topological polar surface area (TPSA) is 81.1 Å². The fraction of sp³-hybridized carbons (Fsp3) is 0.556. The lowest BCUT2D eigenvalue weighted by Gasteiger charge is -2.18. The third-order valence-corrected chi connectivity index (χ3v) is 2.70. The monoisotopic (exact) mass is 195 g/mol. The van der Waals surface area contributed by atoms with Gasteiger partial charge in [-0.15, -0.1) is 0 Å². The normalized spacial score (nSPS) is 20.6. The first-order chi connectivity index (χ1) is 6.59. The lowest BCUT2D eigenvalue weighted by molar-refractivity contribution is 0.0688. The molecule has 0 amide bonds. The molecule has 0 saturated heterocycles. The number of hydrogen-bond acceptors (Lipinski definition) is 3. The predicted octanol–water partition coefficient (Wildman–Crippen LogP) is -0.0657. The molecule has 14 heavy (non-hydrogen) atoms. The molecule has 0 spiro atoms. The van der Waals surface area contributed by atoms with Gasteiger partial charge in [0.15, 0.2) is 5.69 Å². The Morgan fingerprint density at radius 1 is 1.71 bits per heavy atom. The molecule has 5 heteroatoms. The zero-order chi connectivity index (χ0) is 10.3. The van der Waals surface area contributed by atoms with Crippen LogP contribution in [0.1, 0.15) is 28.2 Å². The summed E-state index contributed by atoms with van der Waals surface area (Å²) in [5, 5.41) is 12.9. The summed E-state index contributed by atoms with van der Waals surface area (Å²) in [6, 6.07) is 0.0739. The molecule has 0 bridgehead atoms. The fourth-order valence-electron chi connectivity index (χ4n) is 1.99. The van der Waals surface area contributed by atoms with Crippen LogP contribution in [0.15, 0.2) is 0 Å².